The second-order valence-corrected chi connectivity index (χ2v) is 7.12. The van der Waals surface area contributed by atoms with Gasteiger partial charge in [-0.25, -0.2) is 0 Å². The molecule has 2 saturated heterocycles. The minimum atomic E-state index is -0.841. The fourth-order valence-electron chi connectivity index (χ4n) is 3.37. The number of hydrogen-bond donors (Lipinski definition) is 2. The first-order chi connectivity index (χ1) is 11.0. The summed E-state index contributed by atoms with van der Waals surface area (Å²) in [5.74, 6) is 0.783. The Bertz CT molecular complexity index is 512. The van der Waals surface area contributed by atoms with Gasteiger partial charge >= 0.3 is 0 Å². The van der Waals surface area contributed by atoms with Crippen LogP contribution in [-0.2, 0) is 4.74 Å². The summed E-state index contributed by atoms with van der Waals surface area (Å²) in [5.41, 5.74) is -0.332. The van der Waals surface area contributed by atoms with E-state index in [0.29, 0.717) is 45.6 Å². The highest BCUT2D eigenvalue weighted by Crippen LogP contribution is 2.28. The van der Waals surface area contributed by atoms with Gasteiger partial charge in [0.2, 0.25) is 0 Å². The van der Waals surface area contributed by atoms with Crippen LogP contribution in [0.3, 0.4) is 0 Å². The van der Waals surface area contributed by atoms with E-state index in [0.717, 1.165) is 12.3 Å². The molecule has 2 N–H and O–H groups in total. The lowest BCUT2D eigenvalue weighted by Gasteiger charge is -2.35. The normalized spacial score (nSPS) is 28.0. The molecule has 0 aromatic heterocycles. The van der Waals surface area contributed by atoms with Crippen molar-refractivity contribution in [1.82, 2.24) is 4.90 Å². The third kappa shape index (κ3) is 4.44. The summed E-state index contributed by atoms with van der Waals surface area (Å²) in [5, 5.41) is 21.3. The third-order valence-corrected chi connectivity index (χ3v) is 4.88. The molecule has 0 unspecified atom stereocenters. The van der Waals surface area contributed by atoms with Gasteiger partial charge in [0.25, 0.3) is 0 Å². The van der Waals surface area contributed by atoms with Gasteiger partial charge in [0.05, 0.1) is 5.60 Å². The summed E-state index contributed by atoms with van der Waals surface area (Å²) in [6.07, 6.45) is 2.01. The molecule has 2 aliphatic rings. The van der Waals surface area contributed by atoms with Crippen LogP contribution in [0.15, 0.2) is 24.3 Å². The summed E-state index contributed by atoms with van der Waals surface area (Å²) in [6.45, 7) is 5.49. The van der Waals surface area contributed by atoms with Crippen molar-refractivity contribution in [2.24, 2.45) is 0 Å². The van der Waals surface area contributed by atoms with Crippen LogP contribution in [0.25, 0.3) is 0 Å². The van der Waals surface area contributed by atoms with Crippen LogP contribution in [-0.4, -0.2) is 65.8 Å². The first-order valence-electron chi connectivity index (χ1n) is 8.41. The highest BCUT2D eigenvalue weighted by molar-refractivity contribution is 5.26. The lowest BCUT2D eigenvalue weighted by molar-refractivity contribution is -0.0809. The van der Waals surface area contributed by atoms with E-state index in [1.807, 2.05) is 31.2 Å². The number of aliphatic hydroxyl groups is 2. The van der Waals surface area contributed by atoms with E-state index in [2.05, 4.69) is 4.90 Å². The summed E-state index contributed by atoms with van der Waals surface area (Å²) >= 11 is 0. The lowest BCUT2D eigenvalue weighted by atomic mass is 9.94. The average Bonchev–Trinajstić information content (AvgIpc) is 2.88. The Morgan fingerprint density at radius 3 is 2.48 bits per heavy atom. The standard InChI is InChI=1S/C18H27NO4/c1-15-2-4-16(5-3-15)23-14-18(21)6-9-19(13-18)12-17(20)7-10-22-11-8-17/h2-5,20-21H,6-14H2,1H3/t18-/m1/s1. The molecule has 128 valence electrons. The Balaban J connectivity index is 1.50. The Kier molecular flexibility index (Phi) is 4.92. The zero-order valence-electron chi connectivity index (χ0n) is 13.8. The number of aryl methyl sites for hydroxylation is 1. The quantitative estimate of drug-likeness (QED) is 0.857. The molecule has 1 atom stereocenters. The van der Waals surface area contributed by atoms with Crippen molar-refractivity contribution < 1.29 is 19.7 Å². The van der Waals surface area contributed by atoms with Crippen LogP contribution in [0, 0.1) is 6.92 Å². The highest BCUT2D eigenvalue weighted by atomic mass is 16.5. The molecule has 2 heterocycles. The Morgan fingerprint density at radius 1 is 1.09 bits per heavy atom. The predicted molar refractivity (Wildman–Crippen MR) is 87.7 cm³/mol. The van der Waals surface area contributed by atoms with E-state index >= 15 is 0 Å². The summed E-state index contributed by atoms with van der Waals surface area (Å²) in [6, 6.07) is 7.86. The average molecular weight is 321 g/mol. The van der Waals surface area contributed by atoms with Gasteiger partial charge < -0.3 is 19.7 Å². The summed E-state index contributed by atoms with van der Waals surface area (Å²) in [4.78, 5) is 2.14. The number of rotatable bonds is 5. The molecule has 2 fully saturated rings. The van der Waals surface area contributed by atoms with E-state index in [1.165, 1.54) is 5.56 Å². The summed E-state index contributed by atoms with van der Waals surface area (Å²) < 4.78 is 11.1. The largest absolute Gasteiger partial charge is 0.491 e. The molecule has 0 bridgehead atoms. The van der Waals surface area contributed by atoms with Crippen LogP contribution in [0.5, 0.6) is 5.75 Å². The first-order valence-corrected chi connectivity index (χ1v) is 8.41. The molecule has 5 heteroatoms. The zero-order valence-corrected chi connectivity index (χ0v) is 13.8. The maximum atomic E-state index is 10.7. The number of likely N-dealkylation sites (tertiary alicyclic amines) is 1. The molecule has 1 aromatic carbocycles. The predicted octanol–water partition coefficient (Wildman–Crippen LogP) is 1.35. The van der Waals surface area contributed by atoms with E-state index in [1.54, 1.807) is 0 Å². The van der Waals surface area contributed by atoms with Crippen molar-refractivity contribution in [3.63, 3.8) is 0 Å². The van der Waals surface area contributed by atoms with E-state index in [9.17, 15) is 10.2 Å². The van der Waals surface area contributed by atoms with Crippen molar-refractivity contribution in [2.75, 3.05) is 39.5 Å². The SMILES string of the molecule is Cc1ccc(OC[C@@]2(O)CCN(CC3(O)CCOCC3)C2)cc1. The molecular formula is C18H27NO4. The molecule has 23 heavy (non-hydrogen) atoms. The summed E-state index contributed by atoms with van der Waals surface area (Å²) in [7, 11) is 0. The van der Waals surface area contributed by atoms with Gasteiger partial charge in [0.15, 0.2) is 0 Å². The molecule has 2 aliphatic heterocycles. The number of benzene rings is 1. The molecule has 3 rings (SSSR count). The lowest BCUT2D eigenvalue weighted by Crippen LogP contribution is -2.48. The fourth-order valence-corrected chi connectivity index (χ4v) is 3.37. The van der Waals surface area contributed by atoms with Gasteiger partial charge in [-0.3, -0.25) is 4.90 Å². The first kappa shape index (κ1) is 16.7. The van der Waals surface area contributed by atoms with Crippen molar-refractivity contribution in [1.29, 1.82) is 0 Å². The minimum absolute atomic E-state index is 0.286. The molecular weight excluding hydrogens is 294 g/mol. The van der Waals surface area contributed by atoms with Crippen molar-refractivity contribution in [2.45, 2.75) is 37.4 Å². The van der Waals surface area contributed by atoms with Crippen molar-refractivity contribution in [3.8, 4) is 5.75 Å². The Hall–Kier alpha value is -1.14. The van der Waals surface area contributed by atoms with Crippen LogP contribution in [0.4, 0.5) is 0 Å². The number of ether oxygens (including phenoxy) is 2. The van der Waals surface area contributed by atoms with Gasteiger partial charge in [0.1, 0.15) is 18.0 Å². The number of nitrogens with zero attached hydrogens (tertiary/aromatic N) is 1. The van der Waals surface area contributed by atoms with Gasteiger partial charge in [-0.05, 0) is 25.5 Å². The van der Waals surface area contributed by atoms with Crippen LogP contribution in [0.1, 0.15) is 24.8 Å². The van der Waals surface area contributed by atoms with Gasteiger partial charge in [-0.1, -0.05) is 17.7 Å². The smallest absolute Gasteiger partial charge is 0.119 e. The molecule has 1 aromatic rings. The maximum Gasteiger partial charge on any atom is 0.119 e. The second kappa shape index (κ2) is 6.77. The van der Waals surface area contributed by atoms with Crippen LogP contribution >= 0.6 is 0 Å². The second-order valence-electron chi connectivity index (χ2n) is 7.12. The molecule has 0 amide bonds. The van der Waals surface area contributed by atoms with Gasteiger partial charge in [0, 0.05) is 45.7 Å². The van der Waals surface area contributed by atoms with E-state index in [4.69, 9.17) is 9.47 Å². The van der Waals surface area contributed by atoms with Crippen LogP contribution < -0.4 is 4.74 Å². The molecule has 0 radical (unpaired) electrons. The number of hydrogen-bond acceptors (Lipinski definition) is 5. The fraction of sp³-hybridized carbons (Fsp3) is 0.667. The minimum Gasteiger partial charge on any atom is -0.491 e. The molecule has 0 spiro atoms. The molecule has 5 nitrogen and oxygen atoms in total. The highest BCUT2D eigenvalue weighted by Gasteiger charge is 2.40. The van der Waals surface area contributed by atoms with Gasteiger partial charge in [-0.2, -0.15) is 0 Å². The van der Waals surface area contributed by atoms with Crippen molar-refractivity contribution >= 4 is 0 Å². The van der Waals surface area contributed by atoms with E-state index in [-0.39, 0.29) is 6.61 Å². The number of β-amino-alcohol motifs (C(OH)–C–C–N with tert-alkyl or cyclic N) is 2. The van der Waals surface area contributed by atoms with Gasteiger partial charge in [-0.15, -0.1) is 0 Å². The van der Waals surface area contributed by atoms with Crippen LogP contribution in [0.2, 0.25) is 0 Å². The molecule has 0 saturated carbocycles. The monoisotopic (exact) mass is 321 g/mol. The maximum absolute atomic E-state index is 10.7. The van der Waals surface area contributed by atoms with Crippen molar-refractivity contribution in [3.05, 3.63) is 29.8 Å². The topological polar surface area (TPSA) is 62.2 Å². The third-order valence-electron chi connectivity index (χ3n) is 4.88. The van der Waals surface area contributed by atoms with E-state index < -0.39 is 11.2 Å². The Morgan fingerprint density at radius 2 is 1.78 bits per heavy atom. The Labute approximate surface area is 137 Å². The molecule has 0 aliphatic carbocycles. The zero-order chi connectivity index (χ0) is 16.3.